The minimum Gasteiger partial charge on any atom is -0.348 e. The molecule has 4 rings (SSSR count). The zero-order chi connectivity index (χ0) is 15.8. The Kier molecular flexibility index (Phi) is 4.13. The Balaban J connectivity index is 1.51. The van der Waals surface area contributed by atoms with Crippen molar-refractivity contribution in [3.63, 3.8) is 0 Å². The van der Waals surface area contributed by atoms with Gasteiger partial charge in [-0.3, -0.25) is 14.8 Å². The van der Waals surface area contributed by atoms with Crippen molar-refractivity contribution in [3.05, 3.63) is 28.2 Å². The zero-order valence-electron chi connectivity index (χ0n) is 12.7. The Labute approximate surface area is 144 Å². The molecule has 0 bridgehead atoms. The monoisotopic (exact) mass is 350 g/mol. The van der Waals surface area contributed by atoms with Gasteiger partial charge in [0.15, 0.2) is 0 Å². The lowest BCUT2D eigenvalue weighted by Crippen LogP contribution is -2.46. The van der Waals surface area contributed by atoms with E-state index in [9.17, 15) is 4.79 Å². The number of thiophene rings is 1. The van der Waals surface area contributed by atoms with Gasteiger partial charge in [0, 0.05) is 18.6 Å². The minimum absolute atomic E-state index is 0.0457. The minimum atomic E-state index is -0.0457. The van der Waals surface area contributed by atoms with Crippen LogP contribution in [0.4, 0.5) is 0 Å². The summed E-state index contributed by atoms with van der Waals surface area (Å²) in [4.78, 5) is 16.2. The Morgan fingerprint density at radius 1 is 1.35 bits per heavy atom. The third-order valence-electron chi connectivity index (χ3n) is 4.88. The SMILES string of the molecule is O=C(NC1CCN2CCCCC12)c1cn[nH]c1-c1ccc(Cl)s1. The van der Waals surface area contributed by atoms with Crippen molar-refractivity contribution in [3.8, 4) is 10.6 Å². The molecule has 2 aromatic heterocycles. The molecule has 7 heteroatoms. The molecule has 2 unspecified atom stereocenters. The molecule has 5 nitrogen and oxygen atoms in total. The van der Waals surface area contributed by atoms with Crippen molar-refractivity contribution in [2.45, 2.75) is 37.8 Å². The summed E-state index contributed by atoms with van der Waals surface area (Å²) < 4.78 is 0.703. The molecule has 2 aliphatic heterocycles. The van der Waals surface area contributed by atoms with Crippen molar-refractivity contribution in [2.75, 3.05) is 13.1 Å². The number of halogens is 1. The number of amides is 1. The number of aromatic nitrogens is 2. The van der Waals surface area contributed by atoms with Crippen LogP contribution in [0, 0.1) is 0 Å². The van der Waals surface area contributed by atoms with Crippen LogP contribution in [-0.4, -0.2) is 46.2 Å². The first-order chi connectivity index (χ1) is 11.2. The molecule has 23 heavy (non-hydrogen) atoms. The molecule has 1 amide bonds. The summed E-state index contributed by atoms with van der Waals surface area (Å²) in [5.41, 5.74) is 1.34. The number of hydrogen-bond acceptors (Lipinski definition) is 4. The molecule has 0 spiro atoms. The fourth-order valence-electron chi connectivity index (χ4n) is 3.76. The molecule has 4 heterocycles. The van der Waals surface area contributed by atoms with Crippen LogP contribution in [0.3, 0.4) is 0 Å². The van der Waals surface area contributed by atoms with Crippen LogP contribution in [0.2, 0.25) is 4.34 Å². The van der Waals surface area contributed by atoms with E-state index in [2.05, 4.69) is 20.4 Å². The average molecular weight is 351 g/mol. The molecular weight excluding hydrogens is 332 g/mol. The maximum absolute atomic E-state index is 12.7. The first-order valence-electron chi connectivity index (χ1n) is 8.06. The van der Waals surface area contributed by atoms with Gasteiger partial charge in [0.25, 0.3) is 5.91 Å². The largest absolute Gasteiger partial charge is 0.348 e. The van der Waals surface area contributed by atoms with Gasteiger partial charge in [-0.2, -0.15) is 5.10 Å². The lowest BCUT2D eigenvalue weighted by molar-refractivity contribution is 0.0916. The Bertz CT molecular complexity index is 713. The molecule has 0 radical (unpaired) electrons. The van der Waals surface area contributed by atoms with Crippen LogP contribution in [0.5, 0.6) is 0 Å². The van der Waals surface area contributed by atoms with Gasteiger partial charge < -0.3 is 5.32 Å². The van der Waals surface area contributed by atoms with Crippen LogP contribution in [-0.2, 0) is 0 Å². The molecule has 122 valence electrons. The van der Waals surface area contributed by atoms with Gasteiger partial charge in [0.05, 0.1) is 26.7 Å². The lowest BCUT2D eigenvalue weighted by Gasteiger charge is -2.32. The number of hydrogen-bond donors (Lipinski definition) is 2. The van der Waals surface area contributed by atoms with Gasteiger partial charge in [0.2, 0.25) is 0 Å². The number of piperidine rings is 1. The number of carbonyl (C=O) groups excluding carboxylic acids is 1. The molecule has 2 atom stereocenters. The molecule has 2 saturated heterocycles. The summed E-state index contributed by atoms with van der Waals surface area (Å²) in [6.45, 7) is 2.26. The van der Waals surface area contributed by atoms with E-state index in [1.807, 2.05) is 12.1 Å². The Morgan fingerprint density at radius 2 is 2.26 bits per heavy atom. The van der Waals surface area contributed by atoms with Crippen molar-refractivity contribution in [1.29, 1.82) is 0 Å². The number of carbonyl (C=O) groups is 1. The highest BCUT2D eigenvalue weighted by molar-refractivity contribution is 7.19. The summed E-state index contributed by atoms with van der Waals surface area (Å²) in [6.07, 6.45) is 6.37. The molecule has 2 N–H and O–H groups in total. The van der Waals surface area contributed by atoms with Crippen LogP contribution < -0.4 is 5.32 Å². The smallest absolute Gasteiger partial charge is 0.255 e. The molecule has 2 aliphatic rings. The van der Waals surface area contributed by atoms with Crippen molar-refractivity contribution < 1.29 is 4.79 Å². The highest BCUT2D eigenvalue weighted by Gasteiger charge is 2.36. The second-order valence-electron chi connectivity index (χ2n) is 6.23. The van der Waals surface area contributed by atoms with Gasteiger partial charge >= 0.3 is 0 Å². The Morgan fingerprint density at radius 3 is 3.09 bits per heavy atom. The van der Waals surface area contributed by atoms with Crippen molar-refractivity contribution in [2.24, 2.45) is 0 Å². The first-order valence-corrected chi connectivity index (χ1v) is 9.26. The summed E-state index contributed by atoms with van der Waals surface area (Å²) in [6, 6.07) is 4.49. The molecule has 2 fully saturated rings. The molecule has 0 aliphatic carbocycles. The maximum Gasteiger partial charge on any atom is 0.255 e. The van der Waals surface area contributed by atoms with Crippen LogP contribution in [0.1, 0.15) is 36.0 Å². The number of nitrogens with one attached hydrogen (secondary N) is 2. The van der Waals surface area contributed by atoms with Gasteiger partial charge in [-0.15, -0.1) is 11.3 Å². The van der Waals surface area contributed by atoms with Gasteiger partial charge in [-0.05, 0) is 37.9 Å². The Hall–Kier alpha value is -1.37. The maximum atomic E-state index is 12.7. The van der Waals surface area contributed by atoms with E-state index >= 15 is 0 Å². The quantitative estimate of drug-likeness (QED) is 0.894. The van der Waals surface area contributed by atoms with Crippen LogP contribution in [0.25, 0.3) is 10.6 Å². The number of rotatable bonds is 3. The number of H-pyrrole nitrogens is 1. The van der Waals surface area contributed by atoms with Crippen molar-refractivity contribution >= 4 is 28.8 Å². The predicted molar refractivity (Wildman–Crippen MR) is 92.0 cm³/mol. The van der Waals surface area contributed by atoms with E-state index in [4.69, 9.17) is 11.6 Å². The average Bonchev–Trinajstić information content (AvgIpc) is 3.26. The van der Waals surface area contributed by atoms with Crippen LogP contribution in [0.15, 0.2) is 18.3 Å². The summed E-state index contributed by atoms with van der Waals surface area (Å²) >= 11 is 7.45. The van der Waals surface area contributed by atoms with Crippen molar-refractivity contribution in [1.82, 2.24) is 20.4 Å². The summed E-state index contributed by atoms with van der Waals surface area (Å²) in [5.74, 6) is -0.0457. The van der Waals surface area contributed by atoms with E-state index in [-0.39, 0.29) is 11.9 Å². The van der Waals surface area contributed by atoms with Gasteiger partial charge in [0.1, 0.15) is 0 Å². The fraction of sp³-hybridized carbons (Fsp3) is 0.500. The van der Waals surface area contributed by atoms with Crippen LogP contribution >= 0.6 is 22.9 Å². The molecule has 0 saturated carbocycles. The fourth-order valence-corrected chi connectivity index (χ4v) is 4.81. The molecular formula is C16H19ClN4OS. The highest BCUT2D eigenvalue weighted by Crippen LogP contribution is 2.32. The molecule has 2 aromatic rings. The number of aromatic amines is 1. The van der Waals surface area contributed by atoms with E-state index in [0.717, 1.165) is 23.5 Å². The highest BCUT2D eigenvalue weighted by atomic mass is 35.5. The van der Waals surface area contributed by atoms with E-state index in [0.29, 0.717) is 15.9 Å². The number of fused-ring (bicyclic) bond motifs is 1. The summed E-state index contributed by atoms with van der Waals surface area (Å²) in [7, 11) is 0. The van der Waals surface area contributed by atoms with E-state index < -0.39 is 0 Å². The van der Waals surface area contributed by atoms with E-state index in [1.54, 1.807) is 6.20 Å². The molecule has 0 aromatic carbocycles. The van der Waals surface area contributed by atoms with E-state index in [1.165, 1.54) is 37.1 Å². The zero-order valence-corrected chi connectivity index (χ0v) is 14.3. The predicted octanol–water partition coefficient (Wildman–Crippen LogP) is 3.15. The third-order valence-corrected chi connectivity index (χ3v) is 6.12. The topological polar surface area (TPSA) is 61.0 Å². The first kappa shape index (κ1) is 15.2. The van der Waals surface area contributed by atoms with Gasteiger partial charge in [-0.25, -0.2) is 0 Å². The summed E-state index contributed by atoms with van der Waals surface area (Å²) in [5, 5.41) is 10.2. The normalized spacial score (nSPS) is 24.6. The lowest BCUT2D eigenvalue weighted by atomic mass is 9.99. The standard InChI is InChI=1S/C16H19ClN4OS/c17-14-5-4-13(23-14)15-10(9-18-20-15)16(22)19-11-6-8-21-7-2-1-3-12(11)21/h4-5,9,11-12H,1-3,6-8H2,(H,18,20)(H,19,22). The number of nitrogens with zero attached hydrogens (tertiary/aromatic N) is 2. The second-order valence-corrected chi connectivity index (χ2v) is 7.95. The third kappa shape index (κ3) is 2.91. The second kappa shape index (κ2) is 6.26. The van der Waals surface area contributed by atoms with Gasteiger partial charge in [-0.1, -0.05) is 18.0 Å².